The van der Waals surface area contributed by atoms with Crippen LogP contribution in [0.25, 0.3) is 0 Å². The lowest BCUT2D eigenvalue weighted by molar-refractivity contribution is -0.116. The van der Waals surface area contributed by atoms with E-state index < -0.39 is 0 Å². The monoisotopic (exact) mass is 339 g/mol. The third-order valence-corrected chi connectivity index (χ3v) is 5.35. The van der Waals surface area contributed by atoms with Crippen molar-refractivity contribution in [1.82, 2.24) is 10.1 Å². The second kappa shape index (κ2) is 7.00. The van der Waals surface area contributed by atoms with Gasteiger partial charge in [-0.05, 0) is 68.8 Å². The van der Waals surface area contributed by atoms with Gasteiger partial charge in [0.25, 0.3) is 0 Å². The molecule has 2 aromatic rings. The average molecular weight is 339 g/mol. The number of rotatable bonds is 5. The van der Waals surface area contributed by atoms with E-state index in [0.717, 1.165) is 49.5 Å². The molecule has 1 N–H and O–H groups in total. The van der Waals surface area contributed by atoms with Crippen molar-refractivity contribution in [3.8, 4) is 0 Å². The van der Waals surface area contributed by atoms with Crippen molar-refractivity contribution in [1.29, 1.82) is 0 Å². The van der Waals surface area contributed by atoms with E-state index in [1.807, 2.05) is 19.1 Å². The lowest BCUT2D eigenvalue weighted by Crippen LogP contribution is -2.27. The van der Waals surface area contributed by atoms with Crippen molar-refractivity contribution in [3.05, 3.63) is 46.8 Å². The summed E-state index contributed by atoms with van der Waals surface area (Å²) in [6.45, 7) is 3.70. The molecule has 1 aromatic heterocycles. The highest BCUT2D eigenvalue weighted by Crippen LogP contribution is 2.32. The summed E-state index contributed by atoms with van der Waals surface area (Å²) in [5, 5.41) is 7.05. The molecule has 1 amide bonds. The van der Waals surface area contributed by atoms with Gasteiger partial charge in [0.1, 0.15) is 0 Å². The van der Waals surface area contributed by atoms with Gasteiger partial charge in [-0.2, -0.15) is 0 Å². The van der Waals surface area contributed by atoms with Crippen LogP contribution in [0.15, 0.2) is 28.8 Å². The summed E-state index contributed by atoms with van der Waals surface area (Å²) in [4.78, 5) is 14.7. The predicted octanol–water partition coefficient (Wildman–Crippen LogP) is 3.64. The van der Waals surface area contributed by atoms with E-state index in [4.69, 9.17) is 4.52 Å². The molecule has 0 spiro atoms. The minimum atomic E-state index is 0.0809. The standard InChI is InChI=1S/C20H25N3O2/c1-14-12-19(25-22-14)18-6-3-10-23(18)11-9-20(24)21-17-8-7-15-4-2-5-16(15)13-17/h7-8,12-13,18H,2-6,9-11H2,1H3,(H,21,24). The minimum Gasteiger partial charge on any atom is -0.359 e. The number of likely N-dealkylation sites (tertiary alicyclic amines) is 1. The molecule has 1 aliphatic heterocycles. The van der Waals surface area contributed by atoms with Crippen LogP contribution in [0.2, 0.25) is 0 Å². The van der Waals surface area contributed by atoms with E-state index >= 15 is 0 Å². The molecule has 5 nitrogen and oxygen atoms in total. The number of nitrogens with one attached hydrogen (secondary N) is 1. The van der Waals surface area contributed by atoms with Crippen molar-refractivity contribution < 1.29 is 9.32 Å². The van der Waals surface area contributed by atoms with Gasteiger partial charge in [0.2, 0.25) is 5.91 Å². The Bertz CT molecular complexity index is 768. The Morgan fingerprint density at radius 1 is 1.28 bits per heavy atom. The highest BCUT2D eigenvalue weighted by Gasteiger charge is 2.29. The Balaban J connectivity index is 1.32. The summed E-state index contributed by atoms with van der Waals surface area (Å²) >= 11 is 0. The fourth-order valence-corrected chi connectivity index (χ4v) is 4.07. The lowest BCUT2D eigenvalue weighted by Gasteiger charge is -2.21. The number of hydrogen-bond donors (Lipinski definition) is 1. The maximum absolute atomic E-state index is 12.3. The van der Waals surface area contributed by atoms with Crippen molar-refractivity contribution in [2.45, 2.75) is 51.5 Å². The van der Waals surface area contributed by atoms with E-state index in [1.54, 1.807) is 0 Å². The van der Waals surface area contributed by atoms with Crippen LogP contribution in [0.5, 0.6) is 0 Å². The van der Waals surface area contributed by atoms with Crippen LogP contribution in [0.3, 0.4) is 0 Å². The molecule has 1 aliphatic carbocycles. The highest BCUT2D eigenvalue weighted by molar-refractivity contribution is 5.91. The van der Waals surface area contributed by atoms with Crippen molar-refractivity contribution in [2.75, 3.05) is 18.4 Å². The minimum absolute atomic E-state index is 0.0809. The number of amides is 1. The molecule has 2 aliphatic rings. The van der Waals surface area contributed by atoms with Crippen molar-refractivity contribution in [3.63, 3.8) is 0 Å². The first kappa shape index (κ1) is 16.3. The maximum atomic E-state index is 12.3. The first-order valence-corrected chi connectivity index (χ1v) is 9.28. The van der Waals surface area contributed by atoms with E-state index in [9.17, 15) is 4.79 Å². The van der Waals surface area contributed by atoms with Crippen molar-refractivity contribution >= 4 is 11.6 Å². The molecule has 25 heavy (non-hydrogen) atoms. The topological polar surface area (TPSA) is 58.4 Å². The molecule has 132 valence electrons. The van der Waals surface area contributed by atoms with Crippen LogP contribution in [0.1, 0.15) is 54.3 Å². The van der Waals surface area contributed by atoms with Gasteiger partial charge in [0, 0.05) is 24.7 Å². The Morgan fingerprint density at radius 2 is 2.16 bits per heavy atom. The zero-order valence-electron chi connectivity index (χ0n) is 14.8. The van der Waals surface area contributed by atoms with Gasteiger partial charge >= 0.3 is 0 Å². The maximum Gasteiger partial charge on any atom is 0.225 e. The van der Waals surface area contributed by atoms with Gasteiger partial charge in [-0.3, -0.25) is 9.69 Å². The normalized spacial score (nSPS) is 20.0. The van der Waals surface area contributed by atoms with E-state index in [2.05, 4.69) is 27.5 Å². The quantitative estimate of drug-likeness (QED) is 0.903. The van der Waals surface area contributed by atoms with Gasteiger partial charge in [0.05, 0.1) is 11.7 Å². The zero-order chi connectivity index (χ0) is 17.2. The summed E-state index contributed by atoms with van der Waals surface area (Å²) in [7, 11) is 0. The van der Waals surface area contributed by atoms with E-state index in [0.29, 0.717) is 6.42 Å². The van der Waals surface area contributed by atoms with Crippen LogP contribution < -0.4 is 5.32 Å². The average Bonchev–Trinajstić information content (AvgIpc) is 3.32. The molecule has 1 aromatic carbocycles. The Morgan fingerprint density at radius 3 is 3.00 bits per heavy atom. The number of aryl methyl sites for hydroxylation is 3. The van der Waals surface area contributed by atoms with Crippen LogP contribution in [0.4, 0.5) is 5.69 Å². The molecular weight excluding hydrogens is 314 g/mol. The second-order valence-electron chi connectivity index (χ2n) is 7.20. The molecule has 1 saturated heterocycles. The van der Waals surface area contributed by atoms with Crippen LogP contribution in [-0.2, 0) is 17.6 Å². The molecular formula is C20H25N3O2. The largest absolute Gasteiger partial charge is 0.359 e. The predicted molar refractivity (Wildman–Crippen MR) is 96.5 cm³/mol. The Kier molecular flexibility index (Phi) is 4.57. The fraction of sp³-hybridized carbons (Fsp3) is 0.500. The zero-order valence-corrected chi connectivity index (χ0v) is 14.8. The van der Waals surface area contributed by atoms with Gasteiger partial charge in [-0.1, -0.05) is 11.2 Å². The number of anilines is 1. The van der Waals surface area contributed by atoms with Gasteiger partial charge in [0.15, 0.2) is 5.76 Å². The summed E-state index contributed by atoms with van der Waals surface area (Å²) < 4.78 is 5.43. The van der Waals surface area contributed by atoms with E-state index in [-0.39, 0.29) is 11.9 Å². The third kappa shape index (κ3) is 3.61. The van der Waals surface area contributed by atoms with Gasteiger partial charge < -0.3 is 9.84 Å². The number of carbonyl (C=O) groups is 1. The number of fused-ring (bicyclic) bond motifs is 1. The number of benzene rings is 1. The molecule has 1 unspecified atom stereocenters. The van der Waals surface area contributed by atoms with Crippen LogP contribution in [-0.4, -0.2) is 29.1 Å². The summed E-state index contributed by atoms with van der Waals surface area (Å²) in [5.74, 6) is 1.01. The molecule has 0 saturated carbocycles. The van der Waals surface area contributed by atoms with Gasteiger partial charge in [-0.25, -0.2) is 0 Å². The third-order valence-electron chi connectivity index (χ3n) is 5.35. The summed E-state index contributed by atoms with van der Waals surface area (Å²) in [6, 6.07) is 8.58. The first-order valence-electron chi connectivity index (χ1n) is 9.28. The fourth-order valence-electron chi connectivity index (χ4n) is 4.07. The number of nitrogens with zero attached hydrogens (tertiary/aromatic N) is 2. The number of hydrogen-bond acceptors (Lipinski definition) is 4. The molecule has 0 radical (unpaired) electrons. The lowest BCUT2D eigenvalue weighted by atomic mass is 10.1. The first-order chi connectivity index (χ1) is 12.2. The van der Waals surface area contributed by atoms with Crippen LogP contribution in [0, 0.1) is 6.92 Å². The highest BCUT2D eigenvalue weighted by atomic mass is 16.5. The van der Waals surface area contributed by atoms with Crippen LogP contribution >= 0.6 is 0 Å². The molecule has 1 fully saturated rings. The smallest absolute Gasteiger partial charge is 0.225 e. The summed E-state index contributed by atoms with van der Waals surface area (Å²) in [6.07, 6.45) is 6.23. The van der Waals surface area contributed by atoms with Crippen molar-refractivity contribution in [2.24, 2.45) is 0 Å². The number of aromatic nitrogens is 1. The molecule has 0 bridgehead atoms. The number of carbonyl (C=O) groups excluding carboxylic acids is 1. The molecule has 4 rings (SSSR count). The SMILES string of the molecule is Cc1cc(C2CCCN2CCC(=O)Nc2ccc3c(c2)CCC3)on1. The Hall–Kier alpha value is -2.14. The molecule has 2 heterocycles. The molecule has 5 heteroatoms. The summed E-state index contributed by atoms with van der Waals surface area (Å²) in [5.41, 5.74) is 4.66. The molecule has 1 atom stereocenters. The van der Waals surface area contributed by atoms with Gasteiger partial charge in [-0.15, -0.1) is 0 Å². The Labute approximate surface area is 148 Å². The second-order valence-corrected chi connectivity index (χ2v) is 7.20. The van der Waals surface area contributed by atoms with E-state index in [1.165, 1.54) is 24.0 Å².